The van der Waals surface area contributed by atoms with Gasteiger partial charge in [-0.2, -0.15) is 0 Å². The van der Waals surface area contributed by atoms with Crippen molar-refractivity contribution in [2.75, 3.05) is 14.2 Å². The molecule has 0 atom stereocenters. The van der Waals surface area contributed by atoms with Crippen molar-refractivity contribution in [3.05, 3.63) is 64.6 Å². The average molecular weight is 437 g/mol. The summed E-state index contributed by atoms with van der Waals surface area (Å²) in [6.07, 6.45) is 1.43. The Balaban J connectivity index is 1.73. The van der Waals surface area contributed by atoms with Crippen molar-refractivity contribution in [2.24, 2.45) is 0 Å². The summed E-state index contributed by atoms with van der Waals surface area (Å²) in [5.74, 6) is -0.772. The van der Waals surface area contributed by atoms with Crippen LogP contribution in [0.1, 0.15) is 32.1 Å². The van der Waals surface area contributed by atoms with Gasteiger partial charge in [0.25, 0.3) is 0 Å². The van der Waals surface area contributed by atoms with Crippen molar-refractivity contribution >= 4 is 33.5 Å². The van der Waals surface area contributed by atoms with Crippen LogP contribution in [0.25, 0.3) is 21.3 Å². The van der Waals surface area contributed by atoms with E-state index in [4.69, 9.17) is 14.2 Å². The molecule has 1 aromatic carbocycles. The number of ether oxygens (including phenoxy) is 3. The fourth-order valence-corrected chi connectivity index (χ4v) is 4.29. The summed E-state index contributed by atoms with van der Waals surface area (Å²) in [6, 6.07) is 9.88. The molecule has 3 aromatic heterocycles. The van der Waals surface area contributed by atoms with E-state index in [0.717, 1.165) is 21.3 Å². The molecule has 0 aliphatic carbocycles. The van der Waals surface area contributed by atoms with Crippen molar-refractivity contribution < 1.29 is 23.8 Å². The van der Waals surface area contributed by atoms with Gasteiger partial charge in [-0.1, -0.05) is 30.3 Å². The summed E-state index contributed by atoms with van der Waals surface area (Å²) in [6.45, 7) is 1.62. The minimum absolute atomic E-state index is 0.0293. The first-order valence-electron chi connectivity index (χ1n) is 9.33. The molecule has 8 nitrogen and oxygen atoms in total. The van der Waals surface area contributed by atoms with E-state index in [-0.39, 0.29) is 17.9 Å². The molecule has 158 valence electrons. The number of nitrogens with one attached hydrogen (secondary N) is 1. The topological polar surface area (TPSA) is 103 Å². The molecule has 1 N–H and O–H groups in total. The van der Waals surface area contributed by atoms with E-state index >= 15 is 0 Å². The maximum absolute atomic E-state index is 12.3. The molecule has 3 heterocycles. The van der Waals surface area contributed by atoms with Gasteiger partial charge in [-0.05, 0) is 18.1 Å². The second-order valence-corrected chi connectivity index (χ2v) is 7.48. The highest BCUT2D eigenvalue weighted by Gasteiger charge is 2.25. The van der Waals surface area contributed by atoms with Crippen LogP contribution < -0.4 is 4.74 Å². The molecule has 4 rings (SSSR count). The predicted octanol–water partition coefficient (Wildman–Crippen LogP) is 4.15. The highest BCUT2D eigenvalue weighted by molar-refractivity contribution is 7.17. The van der Waals surface area contributed by atoms with Crippen molar-refractivity contribution in [1.29, 1.82) is 0 Å². The number of H-pyrrole nitrogens is 1. The van der Waals surface area contributed by atoms with Crippen molar-refractivity contribution in [3.8, 4) is 17.0 Å². The molecule has 31 heavy (non-hydrogen) atoms. The number of hydrogen-bond acceptors (Lipinski definition) is 8. The van der Waals surface area contributed by atoms with Crippen LogP contribution in [-0.4, -0.2) is 41.1 Å². The first kappa shape index (κ1) is 20.5. The van der Waals surface area contributed by atoms with Crippen molar-refractivity contribution in [2.45, 2.75) is 13.5 Å². The van der Waals surface area contributed by atoms with Gasteiger partial charge in [0.1, 0.15) is 23.5 Å². The summed E-state index contributed by atoms with van der Waals surface area (Å²) in [5.41, 5.74) is 3.23. The normalized spacial score (nSPS) is 10.8. The lowest BCUT2D eigenvalue weighted by Gasteiger charge is -2.08. The Morgan fingerprint density at radius 3 is 2.52 bits per heavy atom. The second-order valence-electron chi connectivity index (χ2n) is 6.62. The van der Waals surface area contributed by atoms with Gasteiger partial charge in [-0.3, -0.25) is 0 Å². The Hall–Kier alpha value is -3.72. The van der Waals surface area contributed by atoms with E-state index in [9.17, 15) is 9.59 Å². The van der Waals surface area contributed by atoms with Gasteiger partial charge in [-0.15, -0.1) is 11.3 Å². The Labute approximate surface area is 181 Å². The molecule has 0 unspecified atom stereocenters. The molecule has 0 aliphatic heterocycles. The monoisotopic (exact) mass is 437 g/mol. The van der Waals surface area contributed by atoms with Crippen LogP contribution >= 0.6 is 11.3 Å². The predicted molar refractivity (Wildman–Crippen MR) is 115 cm³/mol. The third kappa shape index (κ3) is 3.75. The second kappa shape index (κ2) is 8.57. The van der Waals surface area contributed by atoms with Gasteiger partial charge in [-0.25, -0.2) is 19.6 Å². The van der Waals surface area contributed by atoms with E-state index in [1.807, 2.05) is 35.7 Å². The number of aromatic amines is 1. The van der Waals surface area contributed by atoms with Crippen LogP contribution in [0.2, 0.25) is 0 Å². The van der Waals surface area contributed by atoms with Gasteiger partial charge < -0.3 is 19.2 Å². The molecule has 0 aliphatic rings. The highest BCUT2D eigenvalue weighted by Crippen LogP contribution is 2.37. The summed E-state index contributed by atoms with van der Waals surface area (Å²) < 4.78 is 15.7. The molecule has 9 heteroatoms. The number of aromatic nitrogens is 3. The molecule has 0 fully saturated rings. The van der Waals surface area contributed by atoms with Crippen molar-refractivity contribution in [3.63, 3.8) is 0 Å². The van der Waals surface area contributed by atoms with Gasteiger partial charge in [0, 0.05) is 10.9 Å². The Kier molecular flexibility index (Phi) is 5.68. The number of fused-ring (bicyclic) bond motifs is 1. The summed E-state index contributed by atoms with van der Waals surface area (Å²) >= 11 is 1.50. The van der Waals surface area contributed by atoms with Gasteiger partial charge in [0.15, 0.2) is 0 Å². The van der Waals surface area contributed by atoms with E-state index in [2.05, 4.69) is 15.0 Å². The SMILES string of the molecule is COC(=O)c1[nH]c(COc2ncnc3scc(-c4ccccc4)c23)c(C(=O)OC)c1C. The van der Waals surface area contributed by atoms with Crippen LogP contribution in [0.4, 0.5) is 0 Å². The number of hydrogen-bond donors (Lipinski definition) is 1. The molecule has 0 radical (unpaired) electrons. The third-order valence-corrected chi connectivity index (χ3v) is 5.77. The molecule has 0 spiro atoms. The lowest BCUT2D eigenvalue weighted by atomic mass is 10.1. The quantitative estimate of drug-likeness (QED) is 0.452. The standard InChI is InChI=1S/C22H19N3O5S/c1-12-16(21(26)28-2)15(25-18(12)22(27)29-3)9-30-19-17-14(13-7-5-4-6-8-13)10-31-20(17)24-11-23-19/h4-8,10-11,25H,9H2,1-3H3. The number of carbonyl (C=O) groups excluding carboxylic acids is 2. The van der Waals surface area contributed by atoms with Crippen LogP contribution in [0, 0.1) is 6.92 Å². The number of methoxy groups -OCH3 is 2. The van der Waals surface area contributed by atoms with Gasteiger partial charge >= 0.3 is 11.9 Å². The third-order valence-electron chi connectivity index (χ3n) is 4.88. The Morgan fingerprint density at radius 1 is 1.06 bits per heavy atom. The van der Waals surface area contributed by atoms with Crippen LogP contribution in [-0.2, 0) is 16.1 Å². The van der Waals surface area contributed by atoms with E-state index in [0.29, 0.717) is 17.1 Å². The molecule has 0 amide bonds. The molecule has 0 saturated heterocycles. The minimum atomic E-state index is -0.581. The van der Waals surface area contributed by atoms with E-state index < -0.39 is 11.9 Å². The van der Waals surface area contributed by atoms with Gasteiger partial charge in [0.2, 0.25) is 5.88 Å². The zero-order valence-corrected chi connectivity index (χ0v) is 17.9. The zero-order valence-electron chi connectivity index (χ0n) is 17.1. The first-order valence-corrected chi connectivity index (χ1v) is 10.2. The largest absolute Gasteiger partial charge is 0.471 e. The molecule has 4 aromatic rings. The summed E-state index contributed by atoms with van der Waals surface area (Å²) in [4.78, 5) is 36.8. The lowest BCUT2D eigenvalue weighted by molar-refractivity contribution is 0.0591. The van der Waals surface area contributed by atoms with Crippen LogP contribution in [0.5, 0.6) is 5.88 Å². The van der Waals surface area contributed by atoms with Crippen LogP contribution in [0.3, 0.4) is 0 Å². The number of esters is 2. The first-order chi connectivity index (χ1) is 15.0. The summed E-state index contributed by atoms with van der Waals surface area (Å²) in [7, 11) is 2.55. The molecular weight excluding hydrogens is 418 g/mol. The lowest BCUT2D eigenvalue weighted by Crippen LogP contribution is -2.08. The maximum Gasteiger partial charge on any atom is 0.354 e. The number of rotatable bonds is 6. The number of benzene rings is 1. The molecule has 0 bridgehead atoms. The molecule has 0 saturated carbocycles. The fraction of sp³-hybridized carbons (Fsp3) is 0.182. The Morgan fingerprint density at radius 2 is 1.81 bits per heavy atom. The number of carbonyl (C=O) groups is 2. The van der Waals surface area contributed by atoms with E-state index in [1.54, 1.807) is 6.92 Å². The fourth-order valence-electron chi connectivity index (χ4n) is 3.38. The zero-order chi connectivity index (χ0) is 22.0. The minimum Gasteiger partial charge on any atom is -0.471 e. The maximum atomic E-state index is 12.3. The smallest absolute Gasteiger partial charge is 0.354 e. The Bertz CT molecular complexity index is 1260. The number of thiophene rings is 1. The average Bonchev–Trinajstić information content (AvgIpc) is 3.38. The number of nitrogens with zero attached hydrogens (tertiary/aromatic N) is 2. The van der Waals surface area contributed by atoms with E-state index in [1.165, 1.54) is 31.9 Å². The van der Waals surface area contributed by atoms with Gasteiger partial charge in [0.05, 0.1) is 30.9 Å². The van der Waals surface area contributed by atoms with Crippen LogP contribution in [0.15, 0.2) is 42.0 Å². The van der Waals surface area contributed by atoms with Crippen molar-refractivity contribution in [1.82, 2.24) is 15.0 Å². The summed E-state index contributed by atoms with van der Waals surface area (Å²) in [5, 5.41) is 2.80. The molecular formula is C22H19N3O5S. The highest BCUT2D eigenvalue weighted by atomic mass is 32.1.